The monoisotopic (exact) mass is 444 g/mol. The fourth-order valence-electron chi connectivity index (χ4n) is 3.10. The van der Waals surface area contributed by atoms with Crippen LogP contribution in [0.15, 0.2) is 114 Å². The van der Waals surface area contributed by atoms with Crippen molar-refractivity contribution < 1.29 is 4.79 Å². The van der Waals surface area contributed by atoms with Gasteiger partial charge in [0.1, 0.15) is 5.84 Å². The molecule has 0 atom stereocenters. The number of amidine groups is 1. The molecule has 0 unspecified atom stereocenters. The summed E-state index contributed by atoms with van der Waals surface area (Å²) in [6, 6.07) is 33.1. The van der Waals surface area contributed by atoms with Gasteiger partial charge in [-0.2, -0.15) is 0 Å². The van der Waals surface area contributed by atoms with Gasteiger partial charge in [-0.15, -0.1) is 0 Å². The van der Waals surface area contributed by atoms with Crippen molar-refractivity contribution in [3.63, 3.8) is 0 Å². The highest BCUT2D eigenvalue weighted by molar-refractivity contribution is 6.31. The molecular formula is C26H18Cl2N2O. The molecule has 152 valence electrons. The van der Waals surface area contributed by atoms with Crippen molar-refractivity contribution >= 4 is 46.3 Å². The Bertz CT molecular complexity index is 1190. The molecule has 4 aromatic carbocycles. The predicted molar refractivity (Wildman–Crippen MR) is 129 cm³/mol. The number of benzene rings is 4. The van der Waals surface area contributed by atoms with Crippen LogP contribution < -0.4 is 4.90 Å². The summed E-state index contributed by atoms with van der Waals surface area (Å²) in [5, 5.41) is 1.21. The van der Waals surface area contributed by atoms with Gasteiger partial charge >= 0.3 is 0 Å². The molecule has 5 heteroatoms. The molecule has 0 aromatic heterocycles. The van der Waals surface area contributed by atoms with Gasteiger partial charge in [0, 0.05) is 21.2 Å². The van der Waals surface area contributed by atoms with Crippen LogP contribution in [-0.2, 0) is 0 Å². The van der Waals surface area contributed by atoms with Crippen LogP contribution in [0.4, 0.5) is 11.4 Å². The first-order valence-corrected chi connectivity index (χ1v) is 10.4. The Balaban J connectivity index is 1.92. The van der Waals surface area contributed by atoms with Crippen molar-refractivity contribution in [1.29, 1.82) is 0 Å². The van der Waals surface area contributed by atoms with Crippen LogP contribution in [0.25, 0.3) is 0 Å². The number of carbonyl (C=O) groups is 1. The van der Waals surface area contributed by atoms with E-state index in [0.717, 1.165) is 5.56 Å². The number of hydrogen-bond donors (Lipinski definition) is 0. The zero-order valence-electron chi connectivity index (χ0n) is 16.5. The van der Waals surface area contributed by atoms with E-state index in [1.165, 1.54) is 0 Å². The van der Waals surface area contributed by atoms with E-state index in [2.05, 4.69) is 0 Å². The van der Waals surface area contributed by atoms with Crippen LogP contribution in [0.3, 0.4) is 0 Å². The number of anilines is 1. The van der Waals surface area contributed by atoms with Crippen LogP contribution in [-0.4, -0.2) is 11.7 Å². The van der Waals surface area contributed by atoms with Gasteiger partial charge in [-0.3, -0.25) is 9.69 Å². The van der Waals surface area contributed by atoms with Crippen molar-refractivity contribution in [2.24, 2.45) is 4.99 Å². The van der Waals surface area contributed by atoms with E-state index in [-0.39, 0.29) is 5.91 Å². The lowest BCUT2D eigenvalue weighted by Gasteiger charge is -2.25. The zero-order chi connectivity index (χ0) is 21.6. The van der Waals surface area contributed by atoms with Crippen LogP contribution >= 0.6 is 23.2 Å². The Hall–Kier alpha value is -3.40. The summed E-state index contributed by atoms with van der Waals surface area (Å²) in [5.41, 5.74) is 2.70. The molecule has 0 N–H and O–H groups in total. The Morgan fingerprint density at radius 1 is 0.613 bits per heavy atom. The highest BCUT2D eigenvalue weighted by atomic mass is 35.5. The molecule has 4 aromatic rings. The molecule has 0 aliphatic carbocycles. The smallest absolute Gasteiger partial charge is 0.264 e. The maximum absolute atomic E-state index is 13.7. The van der Waals surface area contributed by atoms with Crippen molar-refractivity contribution in [2.75, 3.05) is 4.90 Å². The summed E-state index contributed by atoms with van der Waals surface area (Å²) >= 11 is 12.2. The number of nitrogens with zero attached hydrogens (tertiary/aromatic N) is 2. The van der Waals surface area contributed by atoms with Gasteiger partial charge in [0.15, 0.2) is 0 Å². The molecule has 0 fully saturated rings. The van der Waals surface area contributed by atoms with Crippen LogP contribution in [0.1, 0.15) is 15.9 Å². The standard InChI is InChI=1S/C26H18Cl2N2O/c27-21-11-15-23(16-12-21)29-25(19-7-3-1-4-8-19)30(24-17-13-22(28)14-18-24)26(31)20-9-5-2-6-10-20/h1-18H. The lowest BCUT2D eigenvalue weighted by atomic mass is 10.1. The van der Waals surface area contributed by atoms with E-state index >= 15 is 0 Å². The van der Waals surface area contributed by atoms with Gasteiger partial charge in [-0.05, 0) is 60.7 Å². The minimum atomic E-state index is -0.195. The van der Waals surface area contributed by atoms with Gasteiger partial charge in [0.25, 0.3) is 5.91 Å². The van der Waals surface area contributed by atoms with Crippen molar-refractivity contribution in [3.8, 4) is 0 Å². The van der Waals surface area contributed by atoms with Crippen LogP contribution in [0.5, 0.6) is 0 Å². The number of hydrogen-bond acceptors (Lipinski definition) is 2. The largest absolute Gasteiger partial charge is 0.268 e. The molecule has 0 aliphatic heterocycles. The number of carbonyl (C=O) groups excluding carboxylic acids is 1. The second kappa shape index (κ2) is 9.61. The Kier molecular flexibility index (Phi) is 6.46. The zero-order valence-corrected chi connectivity index (χ0v) is 18.0. The van der Waals surface area contributed by atoms with Crippen molar-refractivity contribution in [1.82, 2.24) is 0 Å². The second-order valence-electron chi connectivity index (χ2n) is 6.76. The fraction of sp³-hybridized carbons (Fsp3) is 0. The van der Waals surface area contributed by atoms with Gasteiger partial charge in [0.05, 0.1) is 11.4 Å². The highest BCUT2D eigenvalue weighted by Crippen LogP contribution is 2.26. The molecule has 1 amide bonds. The summed E-state index contributed by atoms with van der Waals surface area (Å²) in [7, 11) is 0. The molecule has 31 heavy (non-hydrogen) atoms. The summed E-state index contributed by atoms with van der Waals surface area (Å²) in [6.45, 7) is 0. The Morgan fingerprint density at radius 3 is 1.65 bits per heavy atom. The fourth-order valence-corrected chi connectivity index (χ4v) is 3.36. The van der Waals surface area contributed by atoms with E-state index in [1.54, 1.807) is 41.3 Å². The average molecular weight is 445 g/mol. The van der Waals surface area contributed by atoms with Crippen LogP contribution in [0.2, 0.25) is 10.0 Å². The third-order valence-electron chi connectivity index (χ3n) is 4.61. The van der Waals surface area contributed by atoms with E-state index in [9.17, 15) is 4.79 Å². The lowest BCUT2D eigenvalue weighted by molar-refractivity contribution is 0.100. The van der Waals surface area contributed by atoms with E-state index in [4.69, 9.17) is 28.2 Å². The lowest BCUT2D eigenvalue weighted by Crippen LogP contribution is -2.37. The summed E-state index contributed by atoms with van der Waals surface area (Å²) in [5.74, 6) is 0.304. The molecule has 0 radical (unpaired) electrons. The quantitative estimate of drug-likeness (QED) is 0.238. The van der Waals surface area contributed by atoms with Gasteiger partial charge in [-0.1, -0.05) is 71.7 Å². The first kappa shape index (κ1) is 20.9. The molecule has 0 saturated carbocycles. The molecule has 0 heterocycles. The summed E-state index contributed by atoms with van der Waals surface area (Å²) in [4.78, 5) is 20.1. The molecule has 0 spiro atoms. The maximum Gasteiger partial charge on any atom is 0.264 e. The minimum absolute atomic E-state index is 0.195. The van der Waals surface area contributed by atoms with Gasteiger partial charge in [0.2, 0.25) is 0 Å². The topological polar surface area (TPSA) is 32.7 Å². The van der Waals surface area contributed by atoms with E-state index in [0.29, 0.717) is 32.8 Å². The molecular weight excluding hydrogens is 427 g/mol. The normalized spacial score (nSPS) is 11.2. The van der Waals surface area contributed by atoms with Crippen molar-refractivity contribution in [3.05, 3.63) is 130 Å². The number of amides is 1. The highest BCUT2D eigenvalue weighted by Gasteiger charge is 2.24. The molecule has 0 saturated heterocycles. The first-order valence-electron chi connectivity index (χ1n) is 9.66. The number of halogens is 2. The van der Waals surface area contributed by atoms with Gasteiger partial charge < -0.3 is 0 Å². The number of aliphatic imine (C=N–C) groups is 1. The van der Waals surface area contributed by atoms with Crippen molar-refractivity contribution in [2.45, 2.75) is 0 Å². The van der Waals surface area contributed by atoms with Gasteiger partial charge in [-0.25, -0.2) is 4.99 Å². The molecule has 3 nitrogen and oxygen atoms in total. The summed E-state index contributed by atoms with van der Waals surface area (Å²) in [6.07, 6.45) is 0. The summed E-state index contributed by atoms with van der Waals surface area (Å²) < 4.78 is 0. The first-order chi connectivity index (χ1) is 15.1. The molecule has 4 rings (SSSR count). The number of rotatable bonds is 4. The minimum Gasteiger partial charge on any atom is -0.268 e. The maximum atomic E-state index is 13.7. The van der Waals surface area contributed by atoms with Crippen LogP contribution in [0, 0.1) is 0 Å². The van der Waals surface area contributed by atoms with E-state index < -0.39 is 0 Å². The van der Waals surface area contributed by atoms with E-state index in [1.807, 2.05) is 72.8 Å². The Morgan fingerprint density at radius 2 is 1.10 bits per heavy atom. The Labute approximate surface area is 191 Å². The predicted octanol–water partition coefficient (Wildman–Crippen LogP) is 7.42. The molecule has 0 aliphatic rings. The average Bonchev–Trinajstić information content (AvgIpc) is 2.82. The second-order valence-corrected chi connectivity index (χ2v) is 7.63. The SMILES string of the molecule is O=C(c1ccccc1)N(C(=Nc1ccc(Cl)cc1)c1ccccc1)c1ccc(Cl)cc1. The third kappa shape index (κ3) is 5.02. The molecule has 0 bridgehead atoms. The third-order valence-corrected chi connectivity index (χ3v) is 5.12.